The van der Waals surface area contributed by atoms with Crippen molar-refractivity contribution >= 4 is 11.0 Å². The van der Waals surface area contributed by atoms with Crippen LogP contribution in [-0.2, 0) is 0 Å². The van der Waals surface area contributed by atoms with Crippen molar-refractivity contribution in [3.63, 3.8) is 0 Å². The Morgan fingerprint density at radius 2 is 2.47 bits per heavy atom. The SMILES string of the molecule is Cc1noc2c(OCC3CCNC3)cccc12. The Labute approximate surface area is 99.9 Å². The Morgan fingerprint density at radius 3 is 3.29 bits per heavy atom. The van der Waals surface area contributed by atoms with Crippen LogP contribution in [0.4, 0.5) is 0 Å². The first kappa shape index (κ1) is 10.6. The summed E-state index contributed by atoms with van der Waals surface area (Å²) in [6.45, 7) is 4.83. The second-order valence-electron chi connectivity index (χ2n) is 4.57. The van der Waals surface area contributed by atoms with Gasteiger partial charge in [0.1, 0.15) is 0 Å². The number of rotatable bonds is 3. The number of aromatic nitrogens is 1. The molecule has 1 atom stereocenters. The van der Waals surface area contributed by atoms with E-state index in [0.29, 0.717) is 5.92 Å². The summed E-state index contributed by atoms with van der Waals surface area (Å²) < 4.78 is 11.1. The van der Waals surface area contributed by atoms with Crippen LogP contribution in [0.3, 0.4) is 0 Å². The van der Waals surface area contributed by atoms with E-state index >= 15 is 0 Å². The van der Waals surface area contributed by atoms with Gasteiger partial charge in [0.25, 0.3) is 0 Å². The van der Waals surface area contributed by atoms with Gasteiger partial charge in [-0.2, -0.15) is 0 Å². The molecule has 0 amide bonds. The van der Waals surface area contributed by atoms with E-state index in [1.807, 2.05) is 25.1 Å². The molecule has 0 radical (unpaired) electrons. The smallest absolute Gasteiger partial charge is 0.208 e. The first-order valence-electron chi connectivity index (χ1n) is 6.03. The third-order valence-corrected chi connectivity index (χ3v) is 3.28. The lowest BCUT2D eigenvalue weighted by Gasteiger charge is -2.10. The molecule has 1 aromatic carbocycles. The van der Waals surface area contributed by atoms with Gasteiger partial charge in [0.2, 0.25) is 5.58 Å². The van der Waals surface area contributed by atoms with E-state index in [1.54, 1.807) is 0 Å². The van der Waals surface area contributed by atoms with E-state index < -0.39 is 0 Å². The summed E-state index contributed by atoms with van der Waals surface area (Å²) in [4.78, 5) is 0. The number of hydrogen-bond acceptors (Lipinski definition) is 4. The quantitative estimate of drug-likeness (QED) is 0.880. The minimum Gasteiger partial charge on any atom is -0.489 e. The van der Waals surface area contributed by atoms with Crippen LogP contribution in [0.1, 0.15) is 12.1 Å². The summed E-state index contributed by atoms with van der Waals surface area (Å²) in [6, 6.07) is 5.93. The molecule has 1 unspecified atom stereocenters. The van der Waals surface area contributed by atoms with Gasteiger partial charge in [-0.1, -0.05) is 11.2 Å². The van der Waals surface area contributed by atoms with Crippen molar-refractivity contribution in [2.75, 3.05) is 19.7 Å². The molecule has 1 fully saturated rings. The van der Waals surface area contributed by atoms with Crippen LogP contribution < -0.4 is 10.1 Å². The average Bonchev–Trinajstić information content (AvgIpc) is 2.97. The van der Waals surface area contributed by atoms with Crippen LogP contribution in [0.2, 0.25) is 0 Å². The summed E-state index contributed by atoms with van der Waals surface area (Å²) in [5, 5.41) is 8.34. The van der Waals surface area contributed by atoms with Crippen LogP contribution in [0, 0.1) is 12.8 Å². The van der Waals surface area contributed by atoms with Crippen molar-refractivity contribution in [2.45, 2.75) is 13.3 Å². The molecule has 4 nitrogen and oxygen atoms in total. The molecule has 1 aliphatic heterocycles. The molecule has 90 valence electrons. The number of benzene rings is 1. The second-order valence-corrected chi connectivity index (χ2v) is 4.57. The fourth-order valence-corrected chi connectivity index (χ4v) is 2.24. The van der Waals surface area contributed by atoms with Crippen molar-refractivity contribution in [3.05, 3.63) is 23.9 Å². The number of hydrogen-bond donors (Lipinski definition) is 1. The van der Waals surface area contributed by atoms with Crippen molar-refractivity contribution < 1.29 is 9.26 Å². The molecule has 0 bridgehead atoms. The molecule has 4 heteroatoms. The maximum atomic E-state index is 5.84. The highest BCUT2D eigenvalue weighted by molar-refractivity contribution is 5.84. The first-order chi connectivity index (χ1) is 8.34. The molecular weight excluding hydrogens is 216 g/mol. The highest BCUT2D eigenvalue weighted by Crippen LogP contribution is 2.28. The summed E-state index contributed by atoms with van der Waals surface area (Å²) in [7, 11) is 0. The minimum atomic E-state index is 0.606. The van der Waals surface area contributed by atoms with Crippen molar-refractivity contribution in [1.29, 1.82) is 0 Å². The van der Waals surface area contributed by atoms with E-state index in [2.05, 4.69) is 10.5 Å². The maximum Gasteiger partial charge on any atom is 0.208 e. The molecule has 1 N–H and O–H groups in total. The molecule has 2 heterocycles. The number of nitrogens with one attached hydrogen (secondary N) is 1. The van der Waals surface area contributed by atoms with Gasteiger partial charge >= 0.3 is 0 Å². The van der Waals surface area contributed by atoms with E-state index in [1.165, 1.54) is 6.42 Å². The van der Waals surface area contributed by atoms with Gasteiger partial charge < -0.3 is 14.6 Å². The molecule has 17 heavy (non-hydrogen) atoms. The van der Waals surface area contributed by atoms with Gasteiger partial charge in [0.15, 0.2) is 5.75 Å². The summed E-state index contributed by atoms with van der Waals surface area (Å²) in [5.41, 5.74) is 1.67. The number of fused-ring (bicyclic) bond motifs is 1. The van der Waals surface area contributed by atoms with Crippen molar-refractivity contribution in [3.8, 4) is 5.75 Å². The predicted octanol–water partition coefficient (Wildman–Crippen LogP) is 2.12. The van der Waals surface area contributed by atoms with E-state index in [4.69, 9.17) is 9.26 Å². The minimum absolute atomic E-state index is 0.606. The standard InChI is InChI=1S/C13H16N2O2/c1-9-11-3-2-4-12(13(11)17-15-9)16-8-10-5-6-14-7-10/h2-4,10,14H,5-8H2,1H3. The van der Waals surface area contributed by atoms with Crippen LogP contribution in [0.25, 0.3) is 11.0 Å². The highest BCUT2D eigenvalue weighted by Gasteiger charge is 2.16. The van der Waals surface area contributed by atoms with Gasteiger partial charge in [-0.25, -0.2) is 0 Å². The number of para-hydroxylation sites is 1. The fraction of sp³-hybridized carbons (Fsp3) is 0.462. The van der Waals surface area contributed by atoms with Gasteiger partial charge in [-0.15, -0.1) is 0 Å². The predicted molar refractivity (Wildman–Crippen MR) is 65.2 cm³/mol. The molecule has 0 aliphatic carbocycles. The number of nitrogens with zero attached hydrogens (tertiary/aromatic N) is 1. The first-order valence-corrected chi connectivity index (χ1v) is 6.03. The molecule has 1 saturated heterocycles. The molecule has 1 aromatic heterocycles. The fourth-order valence-electron chi connectivity index (χ4n) is 2.24. The van der Waals surface area contributed by atoms with Crippen LogP contribution in [0.5, 0.6) is 5.75 Å². The largest absolute Gasteiger partial charge is 0.489 e. The highest BCUT2D eigenvalue weighted by atomic mass is 16.5. The summed E-state index contributed by atoms with van der Waals surface area (Å²) in [6.07, 6.45) is 1.19. The molecule has 0 spiro atoms. The van der Waals surface area contributed by atoms with E-state index in [0.717, 1.165) is 42.1 Å². The third kappa shape index (κ3) is 2.00. The molecule has 2 aromatic rings. The lowest BCUT2D eigenvalue weighted by Crippen LogP contribution is -2.15. The zero-order chi connectivity index (χ0) is 11.7. The zero-order valence-corrected chi connectivity index (χ0v) is 9.90. The molecular formula is C13H16N2O2. The molecule has 1 aliphatic rings. The van der Waals surface area contributed by atoms with E-state index in [9.17, 15) is 0 Å². The van der Waals surface area contributed by atoms with Crippen molar-refractivity contribution in [2.24, 2.45) is 5.92 Å². The van der Waals surface area contributed by atoms with E-state index in [-0.39, 0.29) is 0 Å². The summed E-state index contributed by atoms with van der Waals surface area (Å²) >= 11 is 0. The Morgan fingerprint density at radius 1 is 1.53 bits per heavy atom. The normalized spacial score (nSPS) is 19.9. The molecule has 3 rings (SSSR count). The van der Waals surface area contributed by atoms with Crippen molar-refractivity contribution in [1.82, 2.24) is 10.5 Å². The summed E-state index contributed by atoms with van der Waals surface area (Å²) in [5.74, 6) is 1.41. The third-order valence-electron chi connectivity index (χ3n) is 3.28. The number of ether oxygens (including phenoxy) is 1. The van der Waals surface area contributed by atoms with Crippen LogP contribution >= 0.6 is 0 Å². The van der Waals surface area contributed by atoms with Gasteiger partial charge in [-0.3, -0.25) is 0 Å². The Kier molecular flexibility index (Phi) is 2.73. The molecule has 0 saturated carbocycles. The van der Waals surface area contributed by atoms with Gasteiger partial charge in [0.05, 0.1) is 12.3 Å². The maximum absolute atomic E-state index is 5.84. The topological polar surface area (TPSA) is 47.3 Å². The average molecular weight is 232 g/mol. The lowest BCUT2D eigenvalue weighted by molar-refractivity contribution is 0.258. The number of aryl methyl sites for hydroxylation is 1. The van der Waals surface area contributed by atoms with Gasteiger partial charge in [-0.05, 0) is 32.0 Å². The van der Waals surface area contributed by atoms with Crippen LogP contribution in [0.15, 0.2) is 22.7 Å². The monoisotopic (exact) mass is 232 g/mol. The second kappa shape index (κ2) is 4.37. The zero-order valence-electron chi connectivity index (χ0n) is 9.90. The lowest BCUT2D eigenvalue weighted by atomic mass is 10.1. The van der Waals surface area contributed by atoms with Crippen LogP contribution in [-0.4, -0.2) is 24.9 Å². The van der Waals surface area contributed by atoms with Gasteiger partial charge in [0, 0.05) is 17.8 Å². The Hall–Kier alpha value is -1.55. The Bertz CT molecular complexity index is 515. The Balaban J connectivity index is 1.79.